The Balaban J connectivity index is 0.000000134. The summed E-state index contributed by atoms with van der Waals surface area (Å²) in [5.41, 5.74) is 2.36. The largest absolute Gasteiger partial charge is 0.490 e. The third kappa shape index (κ3) is 14.7. The molecule has 8 aliphatic rings. The Labute approximate surface area is 464 Å². The average Bonchev–Trinajstić information content (AvgIpc) is 3.59. The minimum Gasteiger partial charge on any atom is -0.490 e. The van der Waals surface area contributed by atoms with Gasteiger partial charge in [-0.05, 0) is 212 Å². The summed E-state index contributed by atoms with van der Waals surface area (Å²) in [6.45, 7) is 10.6. The lowest BCUT2D eigenvalue weighted by molar-refractivity contribution is -0.122. The lowest BCUT2D eigenvalue weighted by Crippen LogP contribution is -2.50. The second kappa shape index (κ2) is 26.8. The van der Waals surface area contributed by atoms with Crippen molar-refractivity contribution in [3.05, 3.63) is 87.6 Å². The predicted molar refractivity (Wildman–Crippen MR) is 305 cm³/mol. The second-order valence-corrected chi connectivity index (χ2v) is 23.8. The normalized spacial score (nSPS) is 27.1. The van der Waals surface area contributed by atoms with E-state index in [-0.39, 0.29) is 23.8 Å². The van der Waals surface area contributed by atoms with Crippen molar-refractivity contribution in [2.45, 2.75) is 184 Å². The van der Waals surface area contributed by atoms with Gasteiger partial charge in [-0.2, -0.15) is 0 Å². The lowest BCUT2D eigenvalue weighted by atomic mass is 9.86. The van der Waals surface area contributed by atoms with Gasteiger partial charge in [0.1, 0.15) is 47.3 Å². The van der Waals surface area contributed by atoms with Gasteiger partial charge in [-0.15, -0.1) is 0 Å². The second-order valence-electron chi connectivity index (χ2n) is 22.6. The molecule has 1 unspecified atom stereocenters. The number of likely N-dealkylation sites (tertiary alicyclic amines) is 3. The van der Waals surface area contributed by atoms with E-state index in [2.05, 4.69) is 77.2 Å². The summed E-state index contributed by atoms with van der Waals surface area (Å²) in [5, 5.41) is 5.70. The van der Waals surface area contributed by atoms with E-state index in [1.165, 1.54) is 113 Å². The molecule has 6 heterocycles. The van der Waals surface area contributed by atoms with Gasteiger partial charge in [0.15, 0.2) is 0 Å². The lowest BCUT2D eigenvalue weighted by Gasteiger charge is -2.44. The standard InChI is InChI=1S/C24H31N3O3.C22H31N3O3.C15H20INO/c1-17(28)27-14-6-3-7-22-24(27)30-23(25-22)18-8-10-20(11-9-18)29-21-15-19(16-21)26-12-4-2-5-13-26;26-21(24-20-6-2-3-11-23-22(20)27)16-7-9-18(10-8-16)28-19-14-17(15-19)25-12-4-1-5-13-25;16-12-4-6-14(7-5-12)18-15-10-13(11-15)17-8-2-1-3-9-17/h8-11,19,21H,2-7,12-16H2,1H3;7-10,17,19-20H,1-6,11-15H2,(H,23,27)(H,24,26);4-7,13,15H,1-3,8-11H2. The summed E-state index contributed by atoms with van der Waals surface area (Å²) >= 11 is 2.32. The number of fused-ring (bicyclic) bond motifs is 1. The van der Waals surface area contributed by atoms with Crippen molar-refractivity contribution in [2.75, 3.05) is 57.3 Å². The summed E-state index contributed by atoms with van der Waals surface area (Å²) in [4.78, 5) is 50.7. The molecule has 14 nitrogen and oxygen atoms in total. The number of piperidine rings is 3. The van der Waals surface area contributed by atoms with E-state index in [0.717, 1.165) is 92.3 Å². The molecule has 1 atom stereocenters. The van der Waals surface area contributed by atoms with Gasteiger partial charge in [0.05, 0.1) is 0 Å². The van der Waals surface area contributed by atoms with Gasteiger partial charge in [-0.1, -0.05) is 19.3 Å². The summed E-state index contributed by atoms with van der Waals surface area (Å²) in [5.74, 6) is 3.65. The van der Waals surface area contributed by atoms with E-state index in [1.54, 1.807) is 24.0 Å². The fourth-order valence-electron chi connectivity index (χ4n) is 12.2. The molecule has 15 heteroatoms. The molecule has 3 saturated carbocycles. The number of carbonyl (C=O) groups excluding carboxylic acids is 3. The van der Waals surface area contributed by atoms with Crippen molar-refractivity contribution in [1.82, 2.24) is 30.3 Å². The number of anilines is 1. The number of hydrogen-bond acceptors (Lipinski definition) is 11. The van der Waals surface area contributed by atoms with Crippen molar-refractivity contribution >= 4 is 46.2 Å². The molecule has 1 aromatic heterocycles. The third-order valence-electron chi connectivity index (χ3n) is 17.1. The Hall–Kier alpha value is -4.71. The molecular weight excluding hydrogens is 1070 g/mol. The highest BCUT2D eigenvalue weighted by atomic mass is 127. The summed E-state index contributed by atoms with van der Waals surface area (Å²) < 4.78 is 25.5. The topological polar surface area (TPSA) is 142 Å². The Kier molecular flexibility index (Phi) is 19.2. The van der Waals surface area contributed by atoms with Crippen LogP contribution in [0.2, 0.25) is 0 Å². The van der Waals surface area contributed by atoms with Gasteiger partial charge < -0.3 is 44.0 Å². The third-order valence-corrected chi connectivity index (χ3v) is 17.8. The average molecular weight is 1150 g/mol. The molecule has 3 aromatic carbocycles. The van der Waals surface area contributed by atoms with Gasteiger partial charge in [0, 0.05) is 91.4 Å². The number of aryl methyl sites for hydroxylation is 1. The first kappa shape index (κ1) is 54.6. The number of aromatic nitrogens is 1. The van der Waals surface area contributed by atoms with E-state index >= 15 is 0 Å². The first-order valence-electron chi connectivity index (χ1n) is 29.2. The van der Waals surface area contributed by atoms with Gasteiger partial charge in [-0.3, -0.25) is 19.3 Å². The van der Waals surface area contributed by atoms with Gasteiger partial charge >= 0.3 is 0 Å². The molecule has 0 bridgehead atoms. The molecule has 410 valence electrons. The highest BCUT2D eigenvalue weighted by molar-refractivity contribution is 14.1. The molecule has 5 aliphatic heterocycles. The Morgan fingerprint density at radius 2 is 1.05 bits per heavy atom. The summed E-state index contributed by atoms with van der Waals surface area (Å²) in [6.07, 6.45) is 25.7. The molecule has 12 rings (SSSR count). The molecule has 76 heavy (non-hydrogen) atoms. The minimum absolute atomic E-state index is 0.00736. The molecule has 4 saturated heterocycles. The maximum atomic E-state index is 12.5. The zero-order valence-electron chi connectivity index (χ0n) is 44.9. The van der Waals surface area contributed by atoms with Gasteiger partial charge in [0.25, 0.3) is 5.91 Å². The SMILES string of the molecule is CC(=O)N1CCCCc2nc(-c3ccc(OC4CC(N5CCCCC5)C4)cc3)oc21.Ic1ccc(OC2CC(N3CCCCC3)C2)cc1.O=C(NC1CCCCNC1=O)c1ccc(OC2CC(N3CCCCC3)C2)cc1. The van der Waals surface area contributed by atoms with Crippen LogP contribution in [0.4, 0.5) is 5.88 Å². The molecule has 3 amide bonds. The molecule has 7 fully saturated rings. The summed E-state index contributed by atoms with van der Waals surface area (Å²) in [7, 11) is 0. The number of ether oxygens (including phenoxy) is 3. The maximum Gasteiger partial charge on any atom is 0.251 e. The monoisotopic (exact) mass is 1150 g/mol. The van der Waals surface area contributed by atoms with Crippen molar-refractivity contribution in [1.29, 1.82) is 0 Å². The van der Waals surface area contributed by atoms with Crippen LogP contribution in [0, 0.1) is 3.57 Å². The van der Waals surface area contributed by atoms with Crippen molar-refractivity contribution in [3.63, 3.8) is 0 Å². The van der Waals surface area contributed by atoms with Crippen LogP contribution in [0.25, 0.3) is 11.5 Å². The van der Waals surface area contributed by atoms with Crippen LogP contribution in [0.1, 0.15) is 151 Å². The van der Waals surface area contributed by atoms with E-state index in [0.29, 0.717) is 61.1 Å². The van der Waals surface area contributed by atoms with Gasteiger partial charge in [0.2, 0.25) is 23.6 Å². The number of carbonyl (C=O) groups is 3. The Morgan fingerprint density at radius 1 is 0.592 bits per heavy atom. The molecule has 3 aliphatic carbocycles. The number of rotatable bonds is 12. The Morgan fingerprint density at radius 3 is 1.54 bits per heavy atom. The van der Waals surface area contributed by atoms with Crippen molar-refractivity contribution in [3.8, 4) is 28.7 Å². The fourth-order valence-corrected chi connectivity index (χ4v) is 12.6. The summed E-state index contributed by atoms with van der Waals surface area (Å²) in [6, 6.07) is 25.4. The molecule has 0 spiro atoms. The van der Waals surface area contributed by atoms with Crippen LogP contribution in [0.3, 0.4) is 0 Å². The number of benzene rings is 3. The first-order valence-corrected chi connectivity index (χ1v) is 30.3. The zero-order valence-corrected chi connectivity index (χ0v) is 47.1. The molecule has 4 aromatic rings. The minimum atomic E-state index is -0.437. The number of amides is 3. The van der Waals surface area contributed by atoms with Crippen LogP contribution in [0.5, 0.6) is 17.2 Å². The highest BCUT2D eigenvalue weighted by Gasteiger charge is 2.38. The Bertz CT molecular complexity index is 2470. The van der Waals surface area contributed by atoms with E-state index in [4.69, 9.17) is 18.6 Å². The quantitative estimate of drug-likeness (QED) is 0.131. The van der Waals surface area contributed by atoms with Crippen LogP contribution in [0.15, 0.2) is 77.2 Å². The van der Waals surface area contributed by atoms with Gasteiger partial charge in [-0.25, -0.2) is 4.98 Å². The molecule has 2 N–H and O–H groups in total. The van der Waals surface area contributed by atoms with E-state index in [9.17, 15) is 14.4 Å². The van der Waals surface area contributed by atoms with Crippen LogP contribution in [-0.4, -0.2) is 132 Å². The van der Waals surface area contributed by atoms with Crippen LogP contribution < -0.4 is 29.7 Å². The zero-order chi connectivity index (χ0) is 52.2. The van der Waals surface area contributed by atoms with Crippen molar-refractivity contribution < 1.29 is 33.0 Å². The molecule has 0 radical (unpaired) electrons. The molecular formula is C61H82IN7O7. The number of nitrogens with one attached hydrogen (secondary N) is 2. The highest BCUT2D eigenvalue weighted by Crippen LogP contribution is 2.36. The van der Waals surface area contributed by atoms with E-state index < -0.39 is 6.04 Å². The number of halogens is 1. The van der Waals surface area contributed by atoms with Crippen LogP contribution in [-0.2, 0) is 16.0 Å². The maximum absolute atomic E-state index is 12.5. The smallest absolute Gasteiger partial charge is 0.251 e. The predicted octanol–water partition coefficient (Wildman–Crippen LogP) is 10.6. The first-order chi connectivity index (χ1) is 37.2. The van der Waals surface area contributed by atoms with Crippen LogP contribution >= 0.6 is 22.6 Å². The fraction of sp³-hybridized carbons (Fsp3) is 0.607. The number of nitrogens with zero attached hydrogens (tertiary/aromatic N) is 5. The van der Waals surface area contributed by atoms with Crippen molar-refractivity contribution in [2.24, 2.45) is 0 Å². The number of oxazole rings is 1. The van der Waals surface area contributed by atoms with E-state index in [1.807, 2.05) is 36.4 Å². The number of hydrogen-bond donors (Lipinski definition) is 2.